The van der Waals surface area contributed by atoms with Crippen molar-refractivity contribution in [1.82, 2.24) is 5.32 Å². The lowest BCUT2D eigenvalue weighted by Gasteiger charge is -2.28. The van der Waals surface area contributed by atoms with Gasteiger partial charge in [0.15, 0.2) is 0 Å². The first kappa shape index (κ1) is 13.0. The topological polar surface area (TPSA) is 75.4 Å². The van der Waals surface area contributed by atoms with E-state index in [1.165, 1.54) is 6.07 Å². The molecule has 0 spiro atoms. The van der Waals surface area contributed by atoms with Gasteiger partial charge in [-0.3, -0.25) is 10.1 Å². The highest BCUT2D eigenvalue weighted by atomic mass is 16.6. The summed E-state index contributed by atoms with van der Waals surface area (Å²) in [6.07, 6.45) is 3.58. The van der Waals surface area contributed by atoms with E-state index < -0.39 is 0 Å². The first-order valence-electron chi connectivity index (χ1n) is 6.32. The van der Waals surface area contributed by atoms with Gasteiger partial charge < -0.3 is 10.4 Å². The van der Waals surface area contributed by atoms with E-state index in [0.717, 1.165) is 25.7 Å². The van der Waals surface area contributed by atoms with Crippen molar-refractivity contribution in [2.75, 3.05) is 0 Å². The number of rotatable bonds is 4. The summed E-state index contributed by atoms with van der Waals surface area (Å²) in [5.74, 6) is 0. The molecule has 98 valence electrons. The molecule has 1 saturated carbocycles. The van der Waals surface area contributed by atoms with Crippen LogP contribution in [-0.2, 0) is 6.54 Å². The van der Waals surface area contributed by atoms with Gasteiger partial charge in [-0.1, -0.05) is 31.0 Å². The molecule has 0 radical (unpaired) electrons. The molecule has 0 saturated heterocycles. The molecule has 0 unspecified atom stereocenters. The minimum absolute atomic E-state index is 0.0542. The van der Waals surface area contributed by atoms with Gasteiger partial charge in [0.1, 0.15) is 0 Å². The smallest absolute Gasteiger partial charge is 0.273 e. The van der Waals surface area contributed by atoms with Crippen LogP contribution in [0.2, 0.25) is 0 Å². The predicted molar refractivity (Wildman–Crippen MR) is 68.2 cm³/mol. The number of hydrogen-bond donors (Lipinski definition) is 2. The van der Waals surface area contributed by atoms with Crippen LogP contribution in [0.25, 0.3) is 0 Å². The molecule has 1 aliphatic rings. The van der Waals surface area contributed by atoms with Gasteiger partial charge >= 0.3 is 0 Å². The first-order chi connectivity index (χ1) is 8.68. The Kier molecular flexibility index (Phi) is 4.28. The van der Waals surface area contributed by atoms with Crippen LogP contribution in [0.5, 0.6) is 0 Å². The van der Waals surface area contributed by atoms with E-state index in [9.17, 15) is 15.2 Å². The first-order valence-corrected chi connectivity index (χ1v) is 6.32. The third-order valence-electron chi connectivity index (χ3n) is 3.47. The summed E-state index contributed by atoms with van der Waals surface area (Å²) in [7, 11) is 0. The maximum absolute atomic E-state index is 10.9. The Hall–Kier alpha value is -1.46. The van der Waals surface area contributed by atoms with Crippen LogP contribution in [-0.4, -0.2) is 22.2 Å². The molecule has 5 nitrogen and oxygen atoms in total. The highest BCUT2D eigenvalue weighted by Gasteiger charge is 2.23. The molecule has 1 aliphatic carbocycles. The molecule has 1 fully saturated rings. The summed E-state index contributed by atoms with van der Waals surface area (Å²) in [5, 5.41) is 23.9. The number of nitrogens with zero attached hydrogens (tertiary/aromatic N) is 1. The Morgan fingerprint density at radius 1 is 1.33 bits per heavy atom. The average Bonchev–Trinajstić information content (AvgIpc) is 2.38. The van der Waals surface area contributed by atoms with Gasteiger partial charge in [0.25, 0.3) is 5.69 Å². The molecule has 2 rings (SSSR count). The minimum atomic E-state index is -0.367. The minimum Gasteiger partial charge on any atom is -0.392 e. The molecule has 1 aromatic rings. The monoisotopic (exact) mass is 250 g/mol. The number of benzene rings is 1. The van der Waals surface area contributed by atoms with Crippen LogP contribution in [0.4, 0.5) is 5.69 Å². The van der Waals surface area contributed by atoms with Crippen LogP contribution in [0.3, 0.4) is 0 Å². The number of nitro groups is 1. The molecule has 0 heterocycles. The molecule has 5 heteroatoms. The zero-order chi connectivity index (χ0) is 13.0. The fourth-order valence-electron chi connectivity index (χ4n) is 2.43. The zero-order valence-electron chi connectivity index (χ0n) is 10.2. The average molecular weight is 250 g/mol. The molecule has 0 amide bonds. The highest BCUT2D eigenvalue weighted by Crippen LogP contribution is 2.21. The van der Waals surface area contributed by atoms with Crippen molar-refractivity contribution in [3.8, 4) is 0 Å². The van der Waals surface area contributed by atoms with Gasteiger partial charge in [-0.2, -0.15) is 0 Å². The van der Waals surface area contributed by atoms with Crippen LogP contribution >= 0.6 is 0 Å². The summed E-state index contributed by atoms with van der Waals surface area (Å²) in [4.78, 5) is 10.5. The Balaban J connectivity index is 1.99. The third kappa shape index (κ3) is 3.05. The van der Waals surface area contributed by atoms with Crippen LogP contribution in [0.1, 0.15) is 31.2 Å². The molecule has 2 atom stereocenters. The second kappa shape index (κ2) is 5.93. The van der Waals surface area contributed by atoms with Gasteiger partial charge in [0, 0.05) is 24.2 Å². The quantitative estimate of drug-likeness (QED) is 0.633. The largest absolute Gasteiger partial charge is 0.392 e. The second-order valence-corrected chi connectivity index (χ2v) is 4.73. The second-order valence-electron chi connectivity index (χ2n) is 4.73. The number of nitrogens with one attached hydrogen (secondary N) is 1. The fourth-order valence-corrected chi connectivity index (χ4v) is 2.43. The molecule has 2 N–H and O–H groups in total. The third-order valence-corrected chi connectivity index (χ3v) is 3.47. The van der Waals surface area contributed by atoms with Crippen molar-refractivity contribution >= 4 is 5.69 Å². The van der Waals surface area contributed by atoms with Crippen molar-refractivity contribution in [2.45, 2.75) is 44.4 Å². The SMILES string of the molecule is O=[N+]([O-])c1ccccc1CN[C@@H]1CCCC[C@H]1O. The Labute approximate surface area is 106 Å². The number of hydrogen-bond acceptors (Lipinski definition) is 4. The summed E-state index contributed by atoms with van der Waals surface area (Å²) < 4.78 is 0. The summed E-state index contributed by atoms with van der Waals surface area (Å²) in [5.41, 5.74) is 0.801. The molecule has 0 aliphatic heterocycles. The number of aliphatic hydroxyl groups excluding tert-OH is 1. The maximum Gasteiger partial charge on any atom is 0.273 e. The van der Waals surface area contributed by atoms with Crippen LogP contribution in [0.15, 0.2) is 24.3 Å². The van der Waals surface area contributed by atoms with Crippen LogP contribution in [0, 0.1) is 10.1 Å². The molecular formula is C13H18N2O3. The lowest BCUT2D eigenvalue weighted by Crippen LogP contribution is -2.41. The lowest BCUT2D eigenvalue weighted by atomic mass is 9.92. The lowest BCUT2D eigenvalue weighted by molar-refractivity contribution is -0.385. The summed E-state index contributed by atoms with van der Waals surface area (Å²) >= 11 is 0. The van der Waals surface area contributed by atoms with E-state index in [4.69, 9.17) is 0 Å². The standard InChI is InChI=1S/C13H18N2O3/c16-13-8-4-2-6-11(13)14-9-10-5-1-3-7-12(10)15(17)18/h1,3,5,7,11,13-14,16H,2,4,6,8-9H2/t11-,13-/m1/s1. The van der Waals surface area contributed by atoms with Crippen molar-refractivity contribution in [1.29, 1.82) is 0 Å². The molecule has 0 aromatic heterocycles. The molecular weight excluding hydrogens is 232 g/mol. The van der Waals surface area contributed by atoms with Crippen LogP contribution < -0.4 is 5.32 Å². The normalized spacial score (nSPS) is 23.8. The Morgan fingerprint density at radius 2 is 2.06 bits per heavy atom. The van der Waals surface area contributed by atoms with Crippen molar-refractivity contribution in [3.05, 3.63) is 39.9 Å². The zero-order valence-corrected chi connectivity index (χ0v) is 10.2. The molecule has 0 bridgehead atoms. The fraction of sp³-hybridized carbons (Fsp3) is 0.538. The van der Waals surface area contributed by atoms with E-state index in [1.54, 1.807) is 18.2 Å². The Bertz CT molecular complexity index is 422. The van der Waals surface area contributed by atoms with Gasteiger partial charge in [-0.05, 0) is 12.8 Å². The van der Waals surface area contributed by atoms with Gasteiger partial charge in [0.2, 0.25) is 0 Å². The van der Waals surface area contributed by atoms with E-state index in [1.807, 2.05) is 0 Å². The summed E-state index contributed by atoms with van der Waals surface area (Å²) in [6, 6.07) is 6.77. The number of aliphatic hydroxyl groups is 1. The van der Waals surface area contributed by atoms with E-state index in [2.05, 4.69) is 5.32 Å². The molecule has 1 aromatic carbocycles. The van der Waals surface area contributed by atoms with Gasteiger partial charge in [0.05, 0.1) is 11.0 Å². The van der Waals surface area contributed by atoms with Gasteiger partial charge in [-0.15, -0.1) is 0 Å². The predicted octanol–water partition coefficient (Wildman–Crippen LogP) is 1.99. The van der Waals surface area contributed by atoms with E-state index >= 15 is 0 Å². The van der Waals surface area contributed by atoms with E-state index in [-0.39, 0.29) is 22.8 Å². The summed E-state index contributed by atoms with van der Waals surface area (Å²) in [6.45, 7) is 0.429. The van der Waals surface area contributed by atoms with E-state index in [0.29, 0.717) is 12.1 Å². The Morgan fingerprint density at radius 3 is 2.78 bits per heavy atom. The number of nitro benzene ring substituents is 1. The van der Waals surface area contributed by atoms with Gasteiger partial charge in [-0.25, -0.2) is 0 Å². The van der Waals surface area contributed by atoms with Crippen molar-refractivity contribution < 1.29 is 10.0 Å². The van der Waals surface area contributed by atoms with Crippen molar-refractivity contribution in [2.24, 2.45) is 0 Å². The highest BCUT2D eigenvalue weighted by molar-refractivity contribution is 5.39. The maximum atomic E-state index is 10.9. The molecule has 18 heavy (non-hydrogen) atoms. The number of para-hydroxylation sites is 1. The van der Waals surface area contributed by atoms with Crippen molar-refractivity contribution in [3.63, 3.8) is 0 Å².